The molecule has 5 nitrogen and oxygen atoms in total. The Morgan fingerprint density at radius 2 is 2.00 bits per heavy atom. The zero-order valence-electron chi connectivity index (χ0n) is 11.5. The highest BCUT2D eigenvalue weighted by Crippen LogP contribution is 2.41. The summed E-state index contributed by atoms with van der Waals surface area (Å²) in [6, 6.07) is 0. The highest BCUT2D eigenvalue weighted by molar-refractivity contribution is 5.82. The van der Waals surface area contributed by atoms with Crippen molar-refractivity contribution in [2.24, 2.45) is 5.41 Å². The Labute approximate surface area is 113 Å². The van der Waals surface area contributed by atoms with Crippen molar-refractivity contribution in [1.29, 1.82) is 0 Å². The first kappa shape index (κ1) is 14.3. The third-order valence-corrected chi connectivity index (χ3v) is 4.59. The fraction of sp³-hybridized carbons (Fsp3) is 0.857. The zero-order chi connectivity index (χ0) is 13.9. The third kappa shape index (κ3) is 3.08. The topological polar surface area (TPSA) is 75.6 Å². The maximum absolute atomic E-state index is 12.3. The van der Waals surface area contributed by atoms with Gasteiger partial charge in [0, 0.05) is 12.0 Å². The van der Waals surface area contributed by atoms with Crippen LogP contribution in [0.3, 0.4) is 0 Å². The molecule has 108 valence electrons. The summed E-state index contributed by atoms with van der Waals surface area (Å²) in [5.74, 6) is -0.787. The Bertz CT molecular complexity index is 349. The predicted molar refractivity (Wildman–Crippen MR) is 69.7 cm³/mol. The largest absolute Gasteiger partial charge is 0.479 e. The Morgan fingerprint density at radius 1 is 1.32 bits per heavy atom. The maximum Gasteiger partial charge on any atom is 0.332 e. The molecule has 0 spiro atoms. The minimum atomic E-state index is -0.908. The molecule has 1 aliphatic heterocycles. The number of nitrogens with one attached hydrogen (secondary N) is 1. The molecule has 1 heterocycles. The monoisotopic (exact) mass is 269 g/mol. The van der Waals surface area contributed by atoms with Crippen molar-refractivity contribution < 1.29 is 19.4 Å². The molecule has 0 aromatic carbocycles. The van der Waals surface area contributed by atoms with E-state index in [1.165, 1.54) is 0 Å². The number of ether oxygens (including phenoxy) is 1. The van der Waals surface area contributed by atoms with Gasteiger partial charge in [-0.25, -0.2) is 4.79 Å². The fourth-order valence-electron chi connectivity index (χ4n) is 3.22. The van der Waals surface area contributed by atoms with E-state index >= 15 is 0 Å². The van der Waals surface area contributed by atoms with Gasteiger partial charge in [-0.15, -0.1) is 0 Å². The highest BCUT2D eigenvalue weighted by Gasteiger charge is 2.39. The van der Waals surface area contributed by atoms with E-state index in [0.29, 0.717) is 19.4 Å². The van der Waals surface area contributed by atoms with Crippen LogP contribution in [-0.4, -0.2) is 35.7 Å². The van der Waals surface area contributed by atoms with Crippen LogP contribution in [-0.2, 0) is 14.3 Å². The molecule has 0 radical (unpaired) electrons. The summed E-state index contributed by atoms with van der Waals surface area (Å²) < 4.78 is 5.39. The number of hydrogen-bond donors (Lipinski definition) is 2. The Morgan fingerprint density at radius 3 is 2.53 bits per heavy atom. The van der Waals surface area contributed by atoms with E-state index in [9.17, 15) is 9.59 Å². The number of rotatable bonds is 5. The summed E-state index contributed by atoms with van der Waals surface area (Å²) in [7, 11) is 0. The summed E-state index contributed by atoms with van der Waals surface area (Å²) in [5.41, 5.74) is -0.190. The number of hydrogen-bond acceptors (Lipinski definition) is 3. The first-order valence-electron chi connectivity index (χ1n) is 7.24. The lowest BCUT2D eigenvalue weighted by molar-refractivity contribution is -0.149. The highest BCUT2D eigenvalue weighted by atomic mass is 16.5. The minimum Gasteiger partial charge on any atom is -0.479 e. The van der Waals surface area contributed by atoms with Crippen LogP contribution in [0.1, 0.15) is 51.9 Å². The van der Waals surface area contributed by atoms with Crippen molar-refractivity contribution >= 4 is 11.9 Å². The van der Waals surface area contributed by atoms with Gasteiger partial charge >= 0.3 is 5.97 Å². The molecule has 0 aromatic rings. The van der Waals surface area contributed by atoms with Crippen molar-refractivity contribution in [3.63, 3.8) is 0 Å². The van der Waals surface area contributed by atoms with Crippen LogP contribution in [0.15, 0.2) is 0 Å². The van der Waals surface area contributed by atoms with Gasteiger partial charge in [0.15, 0.2) is 6.10 Å². The molecule has 5 heteroatoms. The van der Waals surface area contributed by atoms with Gasteiger partial charge in [0.05, 0.1) is 6.10 Å². The Balaban J connectivity index is 1.79. The van der Waals surface area contributed by atoms with Crippen molar-refractivity contribution in [3.8, 4) is 0 Å². The molecule has 2 rings (SSSR count). The zero-order valence-corrected chi connectivity index (χ0v) is 11.5. The summed E-state index contributed by atoms with van der Waals surface area (Å²) >= 11 is 0. The van der Waals surface area contributed by atoms with E-state index in [1.54, 1.807) is 0 Å². The quantitative estimate of drug-likeness (QED) is 0.796. The van der Waals surface area contributed by atoms with E-state index < -0.39 is 12.1 Å². The smallest absolute Gasteiger partial charge is 0.332 e. The number of carbonyl (C=O) groups is 2. The van der Waals surface area contributed by atoms with Gasteiger partial charge in [0.2, 0.25) is 5.91 Å². The summed E-state index contributed by atoms with van der Waals surface area (Å²) in [5, 5.41) is 11.8. The van der Waals surface area contributed by atoms with E-state index in [-0.39, 0.29) is 17.4 Å². The first-order valence-corrected chi connectivity index (χ1v) is 7.24. The molecule has 19 heavy (non-hydrogen) atoms. The van der Waals surface area contributed by atoms with Gasteiger partial charge in [-0.2, -0.15) is 0 Å². The maximum atomic E-state index is 12.3. The van der Waals surface area contributed by atoms with Gasteiger partial charge < -0.3 is 15.2 Å². The molecule has 2 atom stereocenters. The van der Waals surface area contributed by atoms with E-state index in [4.69, 9.17) is 9.84 Å². The van der Waals surface area contributed by atoms with E-state index in [2.05, 4.69) is 12.2 Å². The molecule has 0 aromatic heterocycles. The minimum absolute atomic E-state index is 0.120. The lowest BCUT2D eigenvalue weighted by Gasteiger charge is -2.26. The molecular weight excluding hydrogens is 246 g/mol. The molecule has 1 saturated carbocycles. The second-order valence-electron chi connectivity index (χ2n) is 5.71. The molecule has 1 saturated heterocycles. The van der Waals surface area contributed by atoms with Gasteiger partial charge in [0.25, 0.3) is 0 Å². The molecule has 1 aliphatic carbocycles. The van der Waals surface area contributed by atoms with E-state index in [1.807, 2.05) is 0 Å². The van der Waals surface area contributed by atoms with Gasteiger partial charge in [-0.3, -0.25) is 4.79 Å². The molecule has 1 amide bonds. The molecule has 0 bridgehead atoms. The Hall–Kier alpha value is -1.10. The van der Waals surface area contributed by atoms with Crippen LogP contribution in [0.25, 0.3) is 0 Å². The fourth-order valence-corrected chi connectivity index (χ4v) is 3.22. The first-order chi connectivity index (χ1) is 9.07. The van der Waals surface area contributed by atoms with Gasteiger partial charge in [0.1, 0.15) is 0 Å². The normalized spacial score (nSPS) is 29.3. The van der Waals surface area contributed by atoms with Crippen LogP contribution < -0.4 is 5.32 Å². The van der Waals surface area contributed by atoms with Crippen LogP contribution in [0, 0.1) is 5.41 Å². The number of carboxylic acids is 1. The van der Waals surface area contributed by atoms with Crippen LogP contribution in [0.4, 0.5) is 0 Å². The lowest BCUT2D eigenvalue weighted by Crippen LogP contribution is -2.42. The summed E-state index contributed by atoms with van der Waals surface area (Å²) in [6.07, 6.45) is 5.46. The van der Waals surface area contributed by atoms with Crippen molar-refractivity contribution in [2.75, 3.05) is 6.54 Å². The molecule has 2 N–H and O–H groups in total. The van der Waals surface area contributed by atoms with Crippen molar-refractivity contribution in [3.05, 3.63) is 0 Å². The third-order valence-electron chi connectivity index (χ3n) is 4.59. The van der Waals surface area contributed by atoms with Gasteiger partial charge in [-0.05, 0) is 32.1 Å². The van der Waals surface area contributed by atoms with Crippen molar-refractivity contribution in [1.82, 2.24) is 5.32 Å². The number of carboxylic acid groups (broad SMARTS) is 1. The lowest BCUT2D eigenvalue weighted by atomic mass is 9.82. The second kappa shape index (κ2) is 5.90. The van der Waals surface area contributed by atoms with Crippen LogP contribution in [0.5, 0.6) is 0 Å². The summed E-state index contributed by atoms with van der Waals surface area (Å²) in [4.78, 5) is 23.1. The number of aliphatic carboxylic acids is 1. The van der Waals surface area contributed by atoms with E-state index in [0.717, 1.165) is 32.1 Å². The van der Waals surface area contributed by atoms with Crippen LogP contribution >= 0.6 is 0 Å². The summed E-state index contributed by atoms with van der Waals surface area (Å²) in [6.45, 7) is 2.50. The standard InChI is InChI=1S/C14H23NO4/c1-2-14(7-3-4-8-14)13(18)15-9-10-5-6-11(19-10)12(16)17/h10-11H,2-9H2,1H3,(H,15,18)(H,16,17). The average Bonchev–Trinajstić information content (AvgIpc) is 3.05. The SMILES string of the molecule is CCC1(C(=O)NCC2CCC(C(=O)O)O2)CCCC1. The van der Waals surface area contributed by atoms with Crippen molar-refractivity contribution in [2.45, 2.75) is 64.1 Å². The molecule has 2 fully saturated rings. The second-order valence-corrected chi connectivity index (χ2v) is 5.71. The molecular formula is C14H23NO4. The Kier molecular flexibility index (Phi) is 4.45. The molecule has 2 aliphatic rings. The average molecular weight is 269 g/mol. The number of amides is 1. The van der Waals surface area contributed by atoms with Gasteiger partial charge in [-0.1, -0.05) is 19.8 Å². The van der Waals surface area contributed by atoms with Crippen LogP contribution in [0.2, 0.25) is 0 Å². The predicted octanol–water partition coefficient (Wildman–Crippen LogP) is 1.71. The number of carbonyl (C=O) groups excluding carboxylic acids is 1. The molecule has 2 unspecified atom stereocenters.